The number of amides is 1. The monoisotopic (exact) mass is 230 g/mol. The molecule has 1 aromatic rings. The molecule has 0 spiro atoms. The fourth-order valence-corrected chi connectivity index (χ4v) is 2.11. The van der Waals surface area contributed by atoms with Crippen molar-refractivity contribution < 1.29 is 4.79 Å². The Hall–Kier alpha value is -1.61. The lowest BCUT2D eigenvalue weighted by atomic mass is 10.1. The Bertz CT molecular complexity index is 463. The maximum absolute atomic E-state index is 12.3. The molecule has 3 heteroatoms. The SMILES string of the molecule is CCC/C=C1\c2ccccc2C(=O)N1N(C)C. The van der Waals surface area contributed by atoms with Gasteiger partial charge in [0.05, 0.1) is 11.3 Å². The molecule has 0 aromatic heterocycles. The highest BCUT2D eigenvalue weighted by Gasteiger charge is 2.32. The smallest absolute Gasteiger partial charge is 0.267 e. The van der Waals surface area contributed by atoms with Gasteiger partial charge < -0.3 is 0 Å². The van der Waals surface area contributed by atoms with Crippen LogP contribution in [0.5, 0.6) is 0 Å². The van der Waals surface area contributed by atoms with Crippen LogP contribution in [0.2, 0.25) is 0 Å². The van der Waals surface area contributed by atoms with Crippen LogP contribution in [0.25, 0.3) is 5.70 Å². The van der Waals surface area contributed by atoms with Crippen LogP contribution < -0.4 is 0 Å². The lowest BCUT2D eigenvalue weighted by Crippen LogP contribution is -2.36. The van der Waals surface area contributed by atoms with E-state index in [1.54, 1.807) is 5.01 Å². The van der Waals surface area contributed by atoms with E-state index in [4.69, 9.17) is 0 Å². The zero-order valence-corrected chi connectivity index (χ0v) is 10.6. The van der Waals surface area contributed by atoms with E-state index in [0.29, 0.717) is 0 Å². The molecule has 1 aromatic carbocycles. The van der Waals surface area contributed by atoms with Crippen LogP contribution in [-0.2, 0) is 0 Å². The van der Waals surface area contributed by atoms with Crippen molar-refractivity contribution in [3.63, 3.8) is 0 Å². The molecule has 17 heavy (non-hydrogen) atoms. The molecule has 0 unspecified atom stereocenters. The Morgan fingerprint density at radius 2 is 1.88 bits per heavy atom. The maximum Gasteiger partial charge on any atom is 0.273 e. The second-order valence-electron chi connectivity index (χ2n) is 4.39. The van der Waals surface area contributed by atoms with E-state index in [2.05, 4.69) is 13.0 Å². The Labute approximate surface area is 102 Å². The van der Waals surface area contributed by atoms with Crippen molar-refractivity contribution in [2.24, 2.45) is 0 Å². The molecule has 1 aliphatic heterocycles. The van der Waals surface area contributed by atoms with Crippen molar-refractivity contribution in [3.05, 3.63) is 41.5 Å². The zero-order chi connectivity index (χ0) is 12.4. The van der Waals surface area contributed by atoms with Gasteiger partial charge >= 0.3 is 0 Å². The molecule has 0 aliphatic carbocycles. The third-order valence-corrected chi connectivity index (χ3v) is 2.88. The number of nitrogens with zero attached hydrogens (tertiary/aromatic N) is 2. The molecule has 3 nitrogen and oxygen atoms in total. The molecular formula is C14H18N2O. The summed E-state index contributed by atoms with van der Waals surface area (Å²) in [6.45, 7) is 2.14. The Kier molecular flexibility index (Phi) is 3.29. The summed E-state index contributed by atoms with van der Waals surface area (Å²) in [5, 5.41) is 3.57. The molecule has 0 saturated carbocycles. The molecular weight excluding hydrogens is 212 g/mol. The molecule has 1 heterocycles. The third kappa shape index (κ3) is 1.98. The number of carbonyl (C=O) groups is 1. The molecule has 1 amide bonds. The number of allylic oxidation sites excluding steroid dienone is 1. The van der Waals surface area contributed by atoms with Crippen LogP contribution >= 0.6 is 0 Å². The average Bonchev–Trinajstić information content (AvgIpc) is 2.60. The zero-order valence-electron chi connectivity index (χ0n) is 10.6. The normalized spacial score (nSPS) is 17.1. The predicted octanol–water partition coefficient (Wildman–Crippen LogP) is 2.76. The second kappa shape index (κ2) is 4.72. The summed E-state index contributed by atoms with van der Waals surface area (Å²) in [6, 6.07) is 7.79. The van der Waals surface area contributed by atoms with Gasteiger partial charge in [-0.05, 0) is 12.5 Å². The molecule has 0 atom stereocenters. The molecule has 0 N–H and O–H groups in total. The van der Waals surface area contributed by atoms with Gasteiger partial charge in [-0.25, -0.2) is 10.0 Å². The minimum Gasteiger partial charge on any atom is -0.267 e. The Morgan fingerprint density at radius 3 is 2.47 bits per heavy atom. The molecule has 0 fully saturated rings. The summed E-state index contributed by atoms with van der Waals surface area (Å²) >= 11 is 0. The quantitative estimate of drug-likeness (QED) is 0.797. The lowest BCUT2D eigenvalue weighted by molar-refractivity contribution is 0.0520. The number of rotatable bonds is 3. The van der Waals surface area contributed by atoms with Crippen molar-refractivity contribution in [1.82, 2.24) is 10.0 Å². The van der Waals surface area contributed by atoms with Crippen LogP contribution in [0.1, 0.15) is 35.7 Å². The molecule has 1 aliphatic rings. The first-order valence-electron chi connectivity index (χ1n) is 5.98. The van der Waals surface area contributed by atoms with Gasteiger partial charge in [0, 0.05) is 19.7 Å². The van der Waals surface area contributed by atoms with E-state index in [1.165, 1.54) is 0 Å². The Morgan fingerprint density at radius 1 is 1.24 bits per heavy atom. The topological polar surface area (TPSA) is 23.6 Å². The number of benzene rings is 1. The van der Waals surface area contributed by atoms with Crippen molar-refractivity contribution in [2.45, 2.75) is 19.8 Å². The van der Waals surface area contributed by atoms with Crippen molar-refractivity contribution in [3.8, 4) is 0 Å². The number of carbonyl (C=O) groups excluding carboxylic acids is 1. The molecule has 0 saturated heterocycles. The van der Waals surface area contributed by atoms with Gasteiger partial charge in [0.25, 0.3) is 5.91 Å². The van der Waals surface area contributed by atoms with Gasteiger partial charge in [-0.2, -0.15) is 0 Å². The van der Waals surface area contributed by atoms with Crippen LogP contribution in [0.3, 0.4) is 0 Å². The van der Waals surface area contributed by atoms with Gasteiger partial charge in [-0.3, -0.25) is 4.79 Å². The second-order valence-corrected chi connectivity index (χ2v) is 4.39. The summed E-state index contributed by atoms with van der Waals surface area (Å²) in [4.78, 5) is 12.3. The number of hydrazine groups is 1. The third-order valence-electron chi connectivity index (χ3n) is 2.88. The van der Waals surface area contributed by atoms with Gasteiger partial charge in [-0.15, -0.1) is 0 Å². The summed E-state index contributed by atoms with van der Waals surface area (Å²) in [7, 11) is 3.78. The van der Waals surface area contributed by atoms with E-state index in [1.807, 2.05) is 43.4 Å². The highest BCUT2D eigenvalue weighted by Crippen LogP contribution is 2.33. The highest BCUT2D eigenvalue weighted by atomic mass is 16.2. The van der Waals surface area contributed by atoms with Crippen LogP contribution in [0, 0.1) is 0 Å². The van der Waals surface area contributed by atoms with E-state index < -0.39 is 0 Å². The standard InChI is InChI=1S/C14H18N2O/c1-4-5-10-13-11-8-6-7-9-12(11)14(17)16(13)15(2)3/h6-10H,4-5H2,1-3H3/b13-10+. The maximum atomic E-state index is 12.3. The first-order valence-corrected chi connectivity index (χ1v) is 5.98. The van der Waals surface area contributed by atoms with E-state index in [-0.39, 0.29) is 5.91 Å². The van der Waals surface area contributed by atoms with Gasteiger partial charge in [0.15, 0.2) is 0 Å². The highest BCUT2D eigenvalue weighted by molar-refractivity contribution is 6.08. The predicted molar refractivity (Wildman–Crippen MR) is 69.2 cm³/mol. The van der Waals surface area contributed by atoms with Crippen LogP contribution in [-0.4, -0.2) is 30.0 Å². The molecule has 90 valence electrons. The summed E-state index contributed by atoms with van der Waals surface area (Å²) in [6.07, 6.45) is 4.21. The Balaban J connectivity index is 2.49. The number of hydrogen-bond donors (Lipinski definition) is 0. The number of hydrogen-bond acceptors (Lipinski definition) is 2. The van der Waals surface area contributed by atoms with Gasteiger partial charge in [0.2, 0.25) is 0 Å². The van der Waals surface area contributed by atoms with E-state index in [9.17, 15) is 4.79 Å². The fraction of sp³-hybridized carbons (Fsp3) is 0.357. The molecule has 0 radical (unpaired) electrons. The van der Waals surface area contributed by atoms with Gasteiger partial charge in [-0.1, -0.05) is 37.6 Å². The lowest BCUT2D eigenvalue weighted by Gasteiger charge is -2.25. The summed E-state index contributed by atoms with van der Waals surface area (Å²) < 4.78 is 0. The number of unbranched alkanes of at least 4 members (excludes halogenated alkanes) is 1. The summed E-state index contributed by atoms with van der Waals surface area (Å²) in [5.74, 6) is 0.0629. The van der Waals surface area contributed by atoms with Crippen molar-refractivity contribution >= 4 is 11.6 Å². The molecule has 0 bridgehead atoms. The van der Waals surface area contributed by atoms with Crippen LogP contribution in [0.15, 0.2) is 30.3 Å². The summed E-state index contributed by atoms with van der Waals surface area (Å²) in [5.41, 5.74) is 2.85. The minimum atomic E-state index is 0.0629. The van der Waals surface area contributed by atoms with E-state index in [0.717, 1.165) is 29.7 Å². The van der Waals surface area contributed by atoms with E-state index >= 15 is 0 Å². The van der Waals surface area contributed by atoms with Crippen molar-refractivity contribution in [2.75, 3.05) is 14.1 Å². The molecule has 2 rings (SSSR count). The number of fused-ring (bicyclic) bond motifs is 1. The largest absolute Gasteiger partial charge is 0.273 e. The van der Waals surface area contributed by atoms with Crippen LogP contribution in [0.4, 0.5) is 0 Å². The first-order chi connectivity index (χ1) is 8.16. The fourth-order valence-electron chi connectivity index (χ4n) is 2.11. The van der Waals surface area contributed by atoms with Gasteiger partial charge in [0.1, 0.15) is 0 Å². The average molecular weight is 230 g/mol. The minimum absolute atomic E-state index is 0.0629. The first kappa shape index (κ1) is 11.9. The van der Waals surface area contributed by atoms with Crippen molar-refractivity contribution in [1.29, 1.82) is 0 Å².